The van der Waals surface area contributed by atoms with Crippen molar-refractivity contribution in [3.05, 3.63) is 266 Å². The van der Waals surface area contributed by atoms with Gasteiger partial charge in [0.1, 0.15) is 0 Å². The van der Waals surface area contributed by atoms with Gasteiger partial charge in [0, 0.05) is 34.1 Å². The molecule has 0 aromatic heterocycles. The molecule has 11 aromatic rings. The van der Waals surface area contributed by atoms with Gasteiger partial charge in [-0.1, -0.05) is 221 Å². The quantitative estimate of drug-likeness (QED) is 0.113. The van der Waals surface area contributed by atoms with Gasteiger partial charge in [-0.2, -0.15) is 0 Å². The lowest BCUT2D eigenvalue weighted by molar-refractivity contribution is 0.443. The Morgan fingerprint density at radius 1 is 0.224 bits per heavy atom. The van der Waals surface area contributed by atoms with Gasteiger partial charge < -0.3 is 9.80 Å². The summed E-state index contributed by atoms with van der Waals surface area (Å²) in [5.41, 5.74) is 19.4. The highest BCUT2D eigenvalue weighted by atomic mass is 15.1. The summed E-state index contributed by atoms with van der Waals surface area (Å²) in [6.45, 7) is 0. The van der Waals surface area contributed by atoms with E-state index in [-0.39, 0.29) is 0 Å². The molecule has 0 radical (unpaired) electrons. The first kappa shape index (κ1) is 47.3. The third-order valence-corrected chi connectivity index (χ3v) is 16.6. The van der Waals surface area contributed by atoms with E-state index in [1.807, 2.05) is 0 Å². The van der Waals surface area contributed by atoms with E-state index in [9.17, 15) is 0 Å². The molecule has 2 fully saturated rings. The van der Waals surface area contributed by atoms with Crippen LogP contribution in [0.5, 0.6) is 0 Å². The number of benzene rings is 11. The highest BCUT2D eigenvalue weighted by Gasteiger charge is 2.24. The van der Waals surface area contributed by atoms with Gasteiger partial charge in [-0.3, -0.25) is 0 Å². The fraction of sp³-hybridized carbons (Fsp3) is 0.162. The molecule has 2 saturated carbocycles. The molecule has 0 bridgehead atoms. The Morgan fingerprint density at radius 2 is 0.539 bits per heavy atom. The first-order chi connectivity index (χ1) is 37.7. The Balaban J connectivity index is 1.03. The third kappa shape index (κ3) is 9.50. The normalized spacial score (nSPS) is 14.2. The molecule has 0 unspecified atom stereocenters. The topological polar surface area (TPSA) is 6.48 Å². The molecule has 370 valence electrons. The highest BCUT2D eigenvalue weighted by Crippen LogP contribution is 2.49. The van der Waals surface area contributed by atoms with Gasteiger partial charge >= 0.3 is 0 Å². The second-order valence-corrected chi connectivity index (χ2v) is 21.3. The van der Waals surface area contributed by atoms with Crippen LogP contribution in [0.2, 0.25) is 0 Å². The lowest BCUT2D eigenvalue weighted by Gasteiger charge is -2.29. The van der Waals surface area contributed by atoms with E-state index in [1.54, 1.807) is 0 Å². The van der Waals surface area contributed by atoms with Crippen molar-refractivity contribution in [1.29, 1.82) is 0 Å². The van der Waals surface area contributed by atoms with E-state index in [4.69, 9.17) is 0 Å². The lowest BCUT2D eigenvalue weighted by Crippen LogP contribution is -2.11. The number of rotatable bonds is 12. The Labute approximate surface area is 449 Å². The van der Waals surface area contributed by atoms with Crippen molar-refractivity contribution in [3.63, 3.8) is 0 Å². The Bertz CT molecular complexity index is 3490. The fourth-order valence-electron chi connectivity index (χ4n) is 12.8. The van der Waals surface area contributed by atoms with Crippen molar-refractivity contribution >= 4 is 55.7 Å². The van der Waals surface area contributed by atoms with Crippen LogP contribution in [-0.4, -0.2) is 0 Å². The van der Waals surface area contributed by atoms with Crippen molar-refractivity contribution in [1.82, 2.24) is 0 Å². The van der Waals surface area contributed by atoms with Gasteiger partial charge in [0.25, 0.3) is 0 Å². The number of anilines is 6. The number of nitrogens with zero attached hydrogens (tertiary/aromatic N) is 2. The zero-order chi connectivity index (χ0) is 50.6. The van der Waals surface area contributed by atoms with Crippen LogP contribution in [0.15, 0.2) is 255 Å². The van der Waals surface area contributed by atoms with Gasteiger partial charge in [0.05, 0.1) is 0 Å². The van der Waals surface area contributed by atoms with E-state index in [0.29, 0.717) is 11.8 Å². The summed E-state index contributed by atoms with van der Waals surface area (Å²) in [6.07, 6.45) is 13.1. The molecule has 11 aromatic carbocycles. The van der Waals surface area contributed by atoms with Gasteiger partial charge in [-0.25, -0.2) is 0 Å². The molecule has 2 heteroatoms. The van der Waals surface area contributed by atoms with Crippen molar-refractivity contribution in [3.8, 4) is 44.5 Å². The predicted molar refractivity (Wildman–Crippen MR) is 324 cm³/mol. The molecule has 2 aliphatic rings. The van der Waals surface area contributed by atoms with E-state index in [1.165, 1.54) is 141 Å². The minimum Gasteiger partial charge on any atom is -0.310 e. The van der Waals surface area contributed by atoms with Crippen molar-refractivity contribution in [2.75, 3.05) is 9.80 Å². The summed E-state index contributed by atoms with van der Waals surface area (Å²) >= 11 is 0. The summed E-state index contributed by atoms with van der Waals surface area (Å²) in [6, 6.07) is 95.4. The molecule has 13 rings (SSSR count). The van der Waals surface area contributed by atoms with Crippen LogP contribution in [0.25, 0.3) is 66.1 Å². The SMILES string of the molecule is c1ccc(-c2cccc(N(c3ccc(C4CCCCC4)cc3)c3ccc4c(-c5ccccc5)c5cc(N(c6ccc(C7CCCCC7)cc6)c6cccc(-c7ccccc7)c6)ccc5c(-c5ccccc5)c4c3)c2)cc1. The molecule has 0 spiro atoms. The van der Waals surface area contributed by atoms with Crippen LogP contribution in [0, 0.1) is 0 Å². The predicted octanol–water partition coefficient (Wildman–Crippen LogP) is 21.7. The maximum Gasteiger partial charge on any atom is 0.0468 e. The van der Waals surface area contributed by atoms with Crippen molar-refractivity contribution in [2.45, 2.75) is 76.0 Å². The molecule has 2 aliphatic carbocycles. The van der Waals surface area contributed by atoms with Crippen LogP contribution in [0.4, 0.5) is 34.1 Å². The van der Waals surface area contributed by atoms with Crippen LogP contribution in [0.3, 0.4) is 0 Å². The van der Waals surface area contributed by atoms with Crippen LogP contribution in [-0.2, 0) is 0 Å². The number of fused-ring (bicyclic) bond motifs is 2. The molecule has 0 amide bonds. The van der Waals surface area contributed by atoms with Crippen molar-refractivity contribution in [2.24, 2.45) is 0 Å². The Kier molecular flexibility index (Phi) is 13.3. The van der Waals surface area contributed by atoms with Gasteiger partial charge in [0.2, 0.25) is 0 Å². The summed E-state index contributed by atoms with van der Waals surface area (Å²) in [5, 5.41) is 4.88. The fourth-order valence-corrected chi connectivity index (χ4v) is 12.8. The van der Waals surface area contributed by atoms with E-state index in [2.05, 4.69) is 265 Å². The highest BCUT2D eigenvalue weighted by molar-refractivity contribution is 6.22. The van der Waals surface area contributed by atoms with Gasteiger partial charge in [0.15, 0.2) is 0 Å². The van der Waals surface area contributed by atoms with E-state index in [0.717, 1.165) is 34.1 Å². The Hall–Kier alpha value is -8.46. The van der Waals surface area contributed by atoms with E-state index >= 15 is 0 Å². The second-order valence-electron chi connectivity index (χ2n) is 21.3. The zero-order valence-corrected chi connectivity index (χ0v) is 43.4. The maximum absolute atomic E-state index is 2.47. The smallest absolute Gasteiger partial charge is 0.0468 e. The van der Waals surface area contributed by atoms with Crippen LogP contribution < -0.4 is 9.80 Å². The number of hydrogen-bond donors (Lipinski definition) is 0. The summed E-state index contributed by atoms with van der Waals surface area (Å²) in [5.74, 6) is 1.27. The monoisotopic (exact) mass is 981 g/mol. The molecule has 0 atom stereocenters. The summed E-state index contributed by atoms with van der Waals surface area (Å²) in [4.78, 5) is 4.95. The number of hydrogen-bond acceptors (Lipinski definition) is 2. The first-order valence-corrected chi connectivity index (χ1v) is 28.0. The second kappa shape index (κ2) is 21.4. The minimum atomic E-state index is 0.635. The van der Waals surface area contributed by atoms with Gasteiger partial charge in [-0.15, -0.1) is 0 Å². The summed E-state index contributed by atoms with van der Waals surface area (Å²) < 4.78 is 0. The molecule has 2 nitrogen and oxygen atoms in total. The molecule has 0 saturated heterocycles. The van der Waals surface area contributed by atoms with E-state index < -0.39 is 0 Å². The maximum atomic E-state index is 2.47. The standard InChI is InChI=1S/C74H64N2/c1-7-21-53(22-8-1)57-37-41-63(42-38-57)75(65-35-19-33-61(49-65)55-25-11-3-12-26-55)67-45-47-69-71(51-67)73(59-29-15-5-16-30-59)70-48-46-68(52-72(70)74(69)60-31-17-6-18-32-60)76(64-43-39-58(40-44-64)54-23-9-2-10-24-54)66-36-20-34-62(50-66)56-27-13-4-14-28-56/h3-6,11-20,25-54H,1-2,7-10,21-24H2. The molecular weight excluding hydrogens is 917 g/mol. The lowest BCUT2D eigenvalue weighted by atomic mass is 9.84. The molecule has 76 heavy (non-hydrogen) atoms. The third-order valence-electron chi connectivity index (χ3n) is 16.6. The zero-order valence-electron chi connectivity index (χ0n) is 43.4. The van der Waals surface area contributed by atoms with Crippen molar-refractivity contribution < 1.29 is 0 Å². The largest absolute Gasteiger partial charge is 0.310 e. The average molecular weight is 981 g/mol. The van der Waals surface area contributed by atoms with Crippen LogP contribution in [0.1, 0.15) is 87.2 Å². The molecule has 0 aliphatic heterocycles. The molecular formula is C74H64N2. The van der Waals surface area contributed by atoms with Gasteiger partial charge in [-0.05, 0) is 187 Å². The molecule has 0 heterocycles. The Morgan fingerprint density at radius 3 is 0.908 bits per heavy atom. The minimum absolute atomic E-state index is 0.635. The molecule has 0 N–H and O–H groups in total. The van der Waals surface area contributed by atoms with Crippen LogP contribution >= 0.6 is 0 Å². The first-order valence-electron chi connectivity index (χ1n) is 28.0. The average Bonchev–Trinajstić information content (AvgIpc) is 3.55. The summed E-state index contributed by atoms with van der Waals surface area (Å²) in [7, 11) is 0.